The van der Waals surface area contributed by atoms with Crippen molar-refractivity contribution < 1.29 is 9.90 Å². The van der Waals surface area contributed by atoms with Crippen LogP contribution in [0.2, 0.25) is 0 Å². The predicted molar refractivity (Wildman–Crippen MR) is 71.8 cm³/mol. The summed E-state index contributed by atoms with van der Waals surface area (Å²) < 4.78 is 0. The van der Waals surface area contributed by atoms with Crippen LogP contribution in [-0.4, -0.2) is 42.7 Å². The van der Waals surface area contributed by atoms with E-state index in [0.717, 1.165) is 25.1 Å². The largest absolute Gasteiger partial charge is 0.395 e. The van der Waals surface area contributed by atoms with Crippen LogP contribution in [0, 0.1) is 0 Å². The average molecular weight is 251 g/mol. The number of rotatable bonds is 7. The molecular formula is C13H21N3O2. The van der Waals surface area contributed by atoms with Crippen molar-refractivity contribution in [1.29, 1.82) is 0 Å². The second-order valence-corrected chi connectivity index (χ2v) is 4.04. The van der Waals surface area contributed by atoms with E-state index in [2.05, 4.69) is 22.1 Å². The normalized spacial score (nSPS) is 10.2. The fourth-order valence-corrected chi connectivity index (χ4v) is 1.71. The van der Waals surface area contributed by atoms with E-state index < -0.39 is 0 Å². The van der Waals surface area contributed by atoms with Crippen LogP contribution in [0.4, 0.5) is 5.69 Å². The molecule has 0 atom stereocenters. The topological polar surface area (TPSA) is 65.5 Å². The molecule has 0 fully saturated rings. The highest BCUT2D eigenvalue weighted by Gasteiger charge is 2.10. The standard InChI is InChI=1S/C13H21N3O2/c1-3-4-7-16(8-9-17)11-5-6-15-12(10-11)13(18)14-2/h5-6,10,17H,3-4,7-9H2,1-2H3,(H,14,18). The number of nitrogens with zero attached hydrogens (tertiary/aromatic N) is 2. The van der Waals surface area contributed by atoms with Gasteiger partial charge in [-0.3, -0.25) is 9.78 Å². The highest BCUT2D eigenvalue weighted by molar-refractivity contribution is 5.92. The van der Waals surface area contributed by atoms with E-state index in [4.69, 9.17) is 5.11 Å². The van der Waals surface area contributed by atoms with Crippen LogP contribution in [0.15, 0.2) is 18.3 Å². The Morgan fingerprint density at radius 3 is 2.89 bits per heavy atom. The van der Waals surface area contributed by atoms with Crippen LogP contribution in [0.25, 0.3) is 0 Å². The molecule has 0 saturated heterocycles. The molecule has 18 heavy (non-hydrogen) atoms. The third kappa shape index (κ3) is 4.00. The van der Waals surface area contributed by atoms with Crippen molar-refractivity contribution in [3.8, 4) is 0 Å². The summed E-state index contributed by atoms with van der Waals surface area (Å²) in [6.07, 6.45) is 3.77. The second kappa shape index (κ2) is 7.66. The molecule has 1 amide bonds. The fraction of sp³-hybridized carbons (Fsp3) is 0.538. The summed E-state index contributed by atoms with van der Waals surface area (Å²) in [5.41, 5.74) is 1.32. The molecule has 0 aliphatic carbocycles. The molecule has 0 spiro atoms. The monoisotopic (exact) mass is 251 g/mol. The van der Waals surface area contributed by atoms with Crippen molar-refractivity contribution >= 4 is 11.6 Å². The Labute approximate surface area is 108 Å². The lowest BCUT2D eigenvalue weighted by Crippen LogP contribution is -2.28. The summed E-state index contributed by atoms with van der Waals surface area (Å²) in [7, 11) is 1.58. The summed E-state index contributed by atoms with van der Waals surface area (Å²) in [5.74, 6) is -0.198. The third-order valence-electron chi connectivity index (χ3n) is 2.72. The first-order chi connectivity index (χ1) is 8.72. The number of carbonyl (C=O) groups is 1. The number of amides is 1. The molecule has 0 aliphatic rings. The van der Waals surface area contributed by atoms with Gasteiger partial charge in [-0.15, -0.1) is 0 Å². The number of nitrogens with one attached hydrogen (secondary N) is 1. The first kappa shape index (κ1) is 14.4. The lowest BCUT2D eigenvalue weighted by Gasteiger charge is -2.23. The molecule has 0 aromatic carbocycles. The molecule has 5 nitrogen and oxygen atoms in total. The maximum absolute atomic E-state index is 11.5. The predicted octanol–water partition coefficient (Wildman–Crippen LogP) is 1.04. The molecule has 0 aliphatic heterocycles. The van der Waals surface area contributed by atoms with E-state index in [-0.39, 0.29) is 12.5 Å². The SMILES string of the molecule is CCCCN(CCO)c1ccnc(C(=O)NC)c1. The van der Waals surface area contributed by atoms with Crippen molar-refractivity contribution in [2.45, 2.75) is 19.8 Å². The van der Waals surface area contributed by atoms with Gasteiger partial charge in [0, 0.05) is 32.0 Å². The van der Waals surface area contributed by atoms with Crippen LogP contribution in [0.1, 0.15) is 30.3 Å². The molecule has 100 valence electrons. The van der Waals surface area contributed by atoms with Crippen molar-refractivity contribution in [1.82, 2.24) is 10.3 Å². The summed E-state index contributed by atoms with van der Waals surface area (Å²) in [4.78, 5) is 17.6. The minimum Gasteiger partial charge on any atom is -0.395 e. The molecule has 5 heteroatoms. The van der Waals surface area contributed by atoms with Gasteiger partial charge in [-0.2, -0.15) is 0 Å². The van der Waals surface area contributed by atoms with Crippen LogP contribution in [-0.2, 0) is 0 Å². The van der Waals surface area contributed by atoms with E-state index in [1.54, 1.807) is 19.3 Å². The summed E-state index contributed by atoms with van der Waals surface area (Å²) in [5, 5.41) is 11.6. The lowest BCUT2D eigenvalue weighted by molar-refractivity contribution is 0.0958. The number of aliphatic hydroxyl groups is 1. The van der Waals surface area contributed by atoms with Gasteiger partial charge in [-0.05, 0) is 18.6 Å². The highest BCUT2D eigenvalue weighted by Crippen LogP contribution is 2.15. The quantitative estimate of drug-likeness (QED) is 0.760. The Bertz CT molecular complexity index is 382. The van der Waals surface area contributed by atoms with Gasteiger partial charge in [-0.1, -0.05) is 13.3 Å². The number of aliphatic hydroxyl groups excluding tert-OH is 1. The molecule has 1 heterocycles. The van der Waals surface area contributed by atoms with Crippen LogP contribution in [0.3, 0.4) is 0 Å². The van der Waals surface area contributed by atoms with Crippen LogP contribution >= 0.6 is 0 Å². The van der Waals surface area contributed by atoms with Crippen LogP contribution < -0.4 is 10.2 Å². The molecule has 1 aromatic heterocycles. The molecule has 0 unspecified atom stereocenters. The summed E-state index contributed by atoms with van der Waals surface area (Å²) in [6, 6.07) is 3.61. The van der Waals surface area contributed by atoms with E-state index in [0.29, 0.717) is 12.2 Å². The number of aromatic nitrogens is 1. The van der Waals surface area contributed by atoms with E-state index in [9.17, 15) is 4.79 Å². The number of unbranched alkanes of at least 4 members (excludes halogenated alkanes) is 1. The van der Waals surface area contributed by atoms with E-state index in [1.807, 2.05) is 6.07 Å². The maximum Gasteiger partial charge on any atom is 0.269 e. The smallest absolute Gasteiger partial charge is 0.269 e. The van der Waals surface area contributed by atoms with Gasteiger partial charge in [0.25, 0.3) is 5.91 Å². The molecule has 0 saturated carbocycles. The molecular weight excluding hydrogens is 230 g/mol. The second-order valence-electron chi connectivity index (χ2n) is 4.04. The number of pyridine rings is 1. The Morgan fingerprint density at radius 2 is 2.28 bits per heavy atom. The summed E-state index contributed by atoms with van der Waals surface area (Å²) >= 11 is 0. The minimum absolute atomic E-state index is 0.0986. The van der Waals surface area contributed by atoms with Gasteiger partial charge >= 0.3 is 0 Å². The number of hydrogen-bond acceptors (Lipinski definition) is 4. The van der Waals surface area contributed by atoms with Crippen LogP contribution in [0.5, 0.6) is 0 Å². The van der Waals surface area contributed by atoms with Gasteiger partial charge in [0.2, 0.25) is 0 Å². The highest BCUT2D eigenvalue weighted by atomic mass is 16.3. The van der Waals surface area contributed by atoms with Gasteiger partial charge in [0.05, 0.1) is 6.61 Å². The minimum atomic E-state index is -0.198. The maximum atomic E-state index is 11.5. The van der Waals surface area contributed by atoms with E-state index in [1.165, 1.54) is 0 Å². The van der Waals surface area contributed by atoms with Gasteiger partial charge in [-0.25, -0.2) is 0 Å². The fourth-order valence-electron chi connectivity index (χ4n) is 1.71. The van der Waals surface area contributed by atoms with Gasteiger partial charge < -0.3 is 15.3 Å². The van der Waals surface area contributed by atoms with Crippen molar-refractivity contribution in [3.63, 3.8) is 0 Å². The molecule has 0 bridgehead atoms. The first-order valence-corrected chi connectivity index (χ1v) is 6.26. The Hall–Kier alpha value is -1.62. The summed E-state index contributed by atoms with van der Waals surface area (Å²) in [6.45, 7) is 3.66. The Morgan fingerprint density at radius 1 is 1.50 bits per heavy atom. The Kier molecular flexibility index (Phi) is 6.14. The first-order valence-electron chi connectivity index (χ1n) is 6.26. The lowest BCUT2D eigenvalue weighted by atomic mass is 10.2. The molecule has 0 radical (unpaired) electrons. The van der Waals surface area contributed by atoms with Gasteiger partial charge in [0.1, 0.15) is 5.69 Å². The Balaban J connectivity index is 2.86. The zero-order chi connectivity index (χ0) is 13.4. The molecule has 2 N–H and O–H groups in total. The van der Waals surface area contributed by atoms with Gasteiger partial charge in [0.15, 0.2) is 0 Å². The average Bonchev–Trinajstić information content (AvgIpc) is 2.42. The third-order valence-corrected chi connectivity index (χ3v) is 2.72. The van der Waals surface area contributed by atoms with Crippen molar-refractivity contribution in [2.24, 2.45) is 0 Å². The van der Waals surface area contributed by atoms with Crippen molar-refractivity contribution in [2.75, 3.05) is 31.6 Å². The number of hydrogen-bond donors (Lipinski definition) is 2. The molecule has 1 aromatic rings. The zero-order valence-corrected chi connectivity index (χ0v) is 11.0. The number of carbonyl (C=O) groups excluding carboxylic acids is 1. The van der Waals surface area contributed by atoms with Crippen molar-refractivity contribution in [3.05, 3.63) is 24.0 Å². The van der Waals surface area contributed by atoms with E-state index >= 15 is 0 Å². The number of anilines is 1. The zero-order valence-electron chi connectivity index (χ0n) is 11.0. The molecule has 1 rings (SSSR count).